The lowest BCUT2D eigenvalue weighted by molar-refractivity contribution is 0.584. The highest BCUT2D eigenvalue weighted by atomic mass is 19.1. The van der Waals surface area contributed by atoms with Crippen molar-refractivity contribution in [1.82, 2.24) is 15.0 Å². The topological polar surface area (TPSA) is 90.7 Å². The Morgan fingerprint density at radius 1 is 0.812 bits per heavy atom. The molecule has 7 heteroatoms. The van der Waals surface area contributed by atoms with Crippen LogP contribution in [0.1, 0.15) is 0 Å². The molecule has 1 heterocycles. The van der Waals surface area contributed by atoms with E-state index in [-0.39, 0.29) is 23.3 Å². The first kappa shape index (κ1) is 10.2. The molecule has 0 spiro atoms. The number of halogens is 2. The predicted molar refractivity (Wildman–Crippen MR) is 54.0 cm³/mol. The van der Waals surface area contributed by atoms with Gasteiger partial charge in [0.1, 0.15) is 11.6 Å². The molecule has 0 aliphatic carbocycles. The molecule has 0 amide bonds. The molecule has 0 bridgehead atoms. The van der Waals surface area contributed by atoms with Crippen molar-refractivity contribution in [2.24, 2.45) is 0 Å². The van der Waals surface area contributed by atoms with Crippen molar-refractivity contribution >= 4 is 11.9 Å². The lowest BCUT2D eigenvalue weighted by Crippen LogP contribution is -2.04. The van der Waals surface area contributed by atoms with Crippen LogP contribution in [0.25, 0.3) is 11.4 Å². The second-order valence-corrected chi connectivity index (χ2v) is 3.03. The number of nitrogens with zero attached hydrogens (tertiary/aromatic N) is 3. The van der Waals surface area contributed by atoms with Crippen molar-refractivity contribution in [3.05, 3.63) is 29.8 Å². The van der Waals surface area contributed by atoms with Gasteiger partial charge in [-0.15, -0.1) is 0 Å². The van der Waals surface area contributed by atoms with Crippen molar-refractivity contribution in [1.29, 1.82) is 0 Å². The van der Waals surface area contributed by atoms with E-state index < -0.39 is 11.6 Å². The Balaban J connectivity index is 2.57. The first-order valence-electron chi connectivity index (χ1n) is 4.28. The first-order valence-corrected chi connectivity index (χ1v) is 4.28. The summed E-state index contributed by atoms with van der Waals surface area (Å²) in [6.07, 6.45) is 0. The SMILES string of the molecule is Nc1nc(N)nc(-c2cc(F)cc(F)c2)n1. The van der Waals surface area contributed by atoms with Gasteiger partial charge >= 0.3 is 0 Å². The lowest BCUT2D eigenvalue weighted by atomic mass is 10.2. The number of rotatable bonds is 1. The maximum Gasteiger partial charge on any atom is 0.225 e. The zero-order valence-corrected chi connectivity index (χ0v) is 7.98. The molecule has 5 nitrogen and oxygen atoms in total. The molecule has 0 radical (unpaired) electrons. The van der Waals surface area contributed by atoms with Crippen LogP contribution < -0.4 is 11.5 Å². The minimum Gasteiger partial charge on any atom is -0.368 e. The van der Waals surface area contributed by atoms with Crippen LogP contribution in [-0.2, 0) is 0 Å². The molecule has 0 atom stereocenters. The van der Waals surface area contributed by atoms with Crippen LogP contribution in [0.5, 0.6) is 0 Å². The van der Waals surface area contributed by atoms with Gasteiger partial charge in [0.25, 0.3) is 0 Å². The quantitative estimate of drug-likeness (QED) is 0.752. The Morgan fingerprint density at radius 2 is 1.31 bits per heavy atom. The molecule has 0 fully saturated rings. The van der Waals surface area contributed by atoms with E-state index in [0.29, 0.717) is 0 Å². The first-order chi connectivity index (χ1) is 7.54. The standard InChI is InChI=1S/C9H7F2N5/c10-5-1-4(2-6(11)3-5)7-14-8(12)16-9(13)15-7/h1-3H,(H4,12,13,14,15,16). The maximum absolute atomic E-state index is 12.9. The molecule has 82 valence electrons. The minimum absolute atomic E-state index is 0.0309. The van der Waals surface area contributed by atoms with Crippen molar-refractivity contribution in [2.75, 3.05) is 11.5 Å². The van der Waals surface area contributed by atoms with Gasteiger partial charge in [-0.3, -0.25) is 0 Å². The summed E-state index contributed by atoms with van der Waals surface area (Å²) in [5, 5.41) is 0. The highest BCUT2D eigenvalue weighted by Crippen LogP contribution is 2.18. The number of hydrogen-bond donors (Lipinski definition) is 2. The average Bonchev–Trinajstić information content (AvgIpc) is 2.14. The van der Waals surface area contributed by atoms with E-state index in [1.165, 1.54) is 0 Å². The second-order valence-electron chi connectivity index (χ2n) is 3.03. The van der Waals surface area contributed by atoms with Gasteiger partial charge in [0.2, 0.25) is 11.9 Å². The number of anilines is 2. The van der Waals surface area contributed by atoms with E-state index >= 15 is 0 Å². The monoisotopic (exact) mass is 223 g/mol. The third-order valence-corrected chi connectivity index (χ3v) is 1.79. The number of nitrogen functional groups attached to an aromatic ring is 2. The molecular formula is C9H7F2N5. The predicted octanol–water partition coefficient (Wildman–Crippen LogP) is 0.981. The third kappa shape index (κ3) is 2.02. The van der Waals surface area contributed by atoms with Crippen LogP contribution in [0.4, 0.5) is 20.7 Å². The van der Waals surface area contributed by atoms with Crippen LogP contribution in [-0.4, -0.2) is 15.0 Å². The molecule has 16 heavy (non-hydrogen) atoms. The molecular weight excluding hydrogens is 216 g/mol. The third-order valence-electron chi connectivity index (χ3n) is 1.79. The molecule has 0 aliphatic heterocycles. The zero-order valence-electron chi connectivity index (χ0n) is 7.98. The van der Waals surface area contributed by atoms with Crippen molar-refractivity contribution in [2.45, 2.75) is 0 Å². The van der Waals surface area contributed by atoms with Gasteiger partial charge in [-0.1, -0.05) is 0 Å². The van der Waals surface area contributed by atoms with Crippen molar-refractivity contribution < 1.29 is 8.78 Å². The molecule has 2 aromatic rings. The van der Waals surface area contributed by atoms with Crippen LogP contribution in [0.15, 0.2) is 18.2 Å². The van der Waals surface area contributed by atoms with Crippen LogP contribution in [0.3, 0.4) is 0 Å². The van der Waals surface area contributed by atoms with E-state index in [0.717, 1.165) is 18.2 Å². The zero-order chi connectivity index (χ0) is 11.7. The van der Waals surface area contributed by atoms with Gasteiger partial charge in [0, 0.05) is 11.6 Å². The Labute approximate surface area is 89.2 Å². The fraction of sp³-hybridized carbons (Fsp3) is 0. The smallest absolute Gasteiger partial charge is 0.225 e. The summed E-state index contributed by atoms with van der Waals surface area (Å²) in [4.78, 5) is 11.0. The Morgan fingerprint density at radius 3 is 1.81 bits per heavy atom. The summed E-state index contributed by atoms with van der Waals surface area (Å²) in [6.45, 7) is 0. The molecule has 0 unspecified atom stereocenters. The fourth-order valence-electron chi connectivity index (χ4n) is 1.22. The van der Waals surface area contributed by atoms with E-state index in [9.17, 15) is 8.78 Å². The van der Waals surface area contributed by atoms with E-state index in [1.807, 2.05) is 0 Å². The molecule has 0 saturated heterocycles. The number of nitrogens with two attached hydrogens (primary N) is 2. The van der Waals surface area contributed by atoms with Gasteiger partial charge in [-0.2, -0.15) is 15.0 Å². The van der Waals surface area contributed by atoms with Gasteiger partial charge in [0.15, 0.2) is 5.82 Å². The van der Waals surface area contributed by atoms with Gasteiger partial charge in [-0.05, 0) is 12.1 Å². The summed E-state index contributed by atoms with van der Waals surface area (Å²) in [5.74, 6) is -1.64. The van der Waals surface area contributed by atoms with Crippen LogP contribution in [0.2, 0.25) is 0 Å². The van der Waals surface area contributed by atoms with E-state index in [2.05, 4.69) is 15.0 Å². The lowest BCUT2D eigenvalue weighted by Gasteiger charge is -2.02. The maximum atomic E-state index is 12.9. The summed E-state index contributed by atoms with van der Waals surface area (Å²) < 4.78 is 25.9. The summed E-state index contributed by atoms with van der Waals surface area (Å²) in [5.41, 5.74) is 10.8. The van der Waals surface area contributed by atoms with Crippen molar-refractivity contribution in [3.63, 3.8) is 0 Å². The van der Waals surface area contributed by atoms with Crippen molar-refractivity contribution in [3.8, 4) is 11.4 Å². The van der Waals surface area contributed by atoms with Crippen LogP contribution >= 0.6 is 0 Å². The van der Waals surface area contributed by atoms with E-state index in [1.54, 1.807) is 0 Å². The van der Waals surface area contributed by atoms with E-state index in [4.69, 9.17) is 11.5 Å². The Bertz CT molecular complexity index is 453. The molecule has 0 saturated carbocycles. The van der Waals surface area contributed by atoms with Gasteiger partial charge < -0.3 is 11.5 Å². The molecule has 2 rings (SSSR count). The highest BCUT2D eigenvalue weighted by Gasteiger charge is 2.08. The highest BCUT2D eigenvalue weighted by molar-refractivity contribution is 5.57. The largest absolute Gasteiger partial charge is 0.368 e. The molecule has 1 aromatic heterocycles. The van der Waals surface area contributed by atoms with Crippen LogP contribution in [0, 0.1) is 11.6 Å². The average molecular weight is 223 g/mol. The molecule has 0 aliphatic rings. The Kier molecular flexibility index (Phi) is 2.35. The number of hydrogen-bond acceptors (Lipinski definition) is 5. The summed E-state index contributed by atoms with van der Waals surface area (Å²) >= 11 is 0. The number of aromatic nitrogens is 3. The second kappa shape index (κ2) is 3.69. The fourth-order valence-corrected chi connectivity index (χ4v) is 1.22. The number of benzene rings is 1. The summed E-state index contributed by atoms with van der Waals surface area (Å²) in [6, 6.07) is 2.91. The summed E-state index contributed by atoms with van der Waals surface area (Å²) in [7, 11) is 0. The molecule has 1 aromatic carbocycles. The van der Waals surface area contributed by atoms with Gasteiger partial charge in [0.05, 0.1) is 0 Å². The minimum atomic E-state index is -0.729. The molecule has 4 N–H and O–H groups in total. The Hall–Kier alpha value is -2.31. The normalized spacial score (nSPS) is 10.4. The van der Waals surface area contributed by atoms with Gasteiger partial charge in [-0.25, -0.2) is 8.78 Å².